The molecular formula is C19H38F2N2. The van der Waals surface area contributed by atoms with Gasteiger partial charge in [-0.25, -0.2) is 8.78 Å². The summed E-state index contributed by atoms with van der Waals surface area (Å²) >= 11 is 0. The monoisotopic (exact) mass is 332 g/mol. The molecule has 4 fully saturated rings. The molecule has 0 aromatic heterocycles. The summed E-state index contributed by atoms with van der Waals surface area (Å²) in [6.07, 6.45) is 6.60. The van der Waals surface area contributed by atoms with Crippen LogP contribution in [0, 0.1) is 5.41 Å². The SMILES string of the molecule is CC.CC.CN1C2CCC1CC(F)(F)C2.CN1CCC2(CC2)C1. The van der Waals surface area contributed by atoms with Gasteiger partial charge in [-0.05, 0) is 58.2 Å². The minimum absolute atomic E-state index is 0.0833. The van der Waals surface area contributed by atoms with Crippen molar-refractivity contribution < 1.29 is 8.78 Å². The van der Waals surface area contributed by atoms with Crippen LogP contribution in [0.2, 0.25) is 0 Å². The lowest BCUT2D eigenvalue weighted by molar-refractivity contribution is -0.0763. The topological polar surface area (TPSA) is 6.48 Å². The highest BCUT2D eigenvalue weighted by Gasteiger charge is 2.47. The van der Waals surface area contributed by atoms with Crippen LogP contribution in [0.25, 0.3) is 0 Å². The highest BCUT2D eigenvalue weighted by atomic mass is 19.3. The van der Waals surface area contributed by atoms with Crippen LogP contribution in [0.5, 0.6) is 0 Å². The zero-order valence-electron chi connectivity index (χ0n) is 16.2. The molecule has 138 valence electrons. The van der Waals surface area contributed by atoms with E-state index in [1.54, 1.807) is 0 Å². The van der Waals surface area contributed by atoms with Gasteiger partial charge in [-0.1, -0.05) is 27.7 Å². The molecule has 4 rings (SSSR count). The van der Waals surface area contributed by atoms with Crippen molar-refractivity contribution in [3.8, 4) is 0 Å². The van der Waals surface area contributed by atoms with Crippen molar-refractivity contribution in [1.29, 1.82) is 0 Å². The van der Waals surface area contributed by atoms with Gasteiger partial charge in [0.05, 0.1) is 0 Å². The molecule has 2 nitrogen and oxygen atoms in total. The van der Waals surface area contributed by atoms with E-state index in [0.717, 1.165) is 18.3 Å². The molecule has 4 aliphatic rings. The van der Waals surface area contributed by atoms with Gasteiger partial charge in [-0.3, -0.25) is 0 Å². The standard InChI is InChI=1S/C8H13F2N.C7H13N.2C2H6/c1-11-6-2-3-7(11)5-8(9,10)4-6;1-8-5-4-7(6-8)2-3-7;2*1-2/h6-7H,2-5H2,1H3;2-6H2,1H3;2*1-2H3. The average Bonchev–Trinajstić information content (AvgIpc) is 3.14. The minimum atomic E-state index is -2.38. The highest BCUT2D eigenvalue weighted by molar-refractivity contribution is 4.99. The molecule has 2 unspecified atom stereocenters. The van der Waals surface area contributed by atoms with E-state index < -0.39 is 5.92 Å². The minimum Gasteiger partial charge on any atom is -0.306 e. The molecule has 23 heavy (non-hydrogen) atoms. The van der Waals surface area contributed by atoms with Crippen molar-refractivity contribution in [2.75, 3.05) is 27.2 Å². The van der Waals surface area contributed by atoms with Crippen LogP contribution < -0.4 is 0 Å². The molecule has 0 radical (unpaired) electrons. The second-order valence-electron chi connectivity index (χ2n) is 7.30. The number of hydrogen-bond acceptors (Lipinski definition) is 2. The number of piperidine rings is 1. The number of likely N-dealkylation sites (tertiary alicyclic amines) is 1. The Bertz CT molecular complexity index is 326. The largest absolute Gasteiger partial charge is 0.306 e. The molecule has 0 aromatic rings. The Morgan fingerprint density at radius 2 is 1.30 bits per heavy atom. The quantitative estimate of drug-likeness (QED) is 0.613. The maximum atomic E-state index is 12.9. The highest BCUT2D eigenvalue weighted by Crippen LogP contribution is 2.52. The summed E-state index contributed by atoms with van der Waals surface area (Å²) in [5, 5.41) is 0. The molecular weight excluding hydrogens is 294 g/mol. The van der Waals surface area contributed by atoms with E-state index in [1.165, 1.54) is 32.4 Å². The smallest absolute Gasteiger partial charge is 0.251 e. The van der Waals surface area contributed by atoms with Crippen LogP contribution in [-0.4, -0.2) is 55.0 Å². The van der Waals surface area contributed by atoms with Crippen LogP contribution in [0.3, 0.4) is 0 Å². The van der Waals surface area contributed by atoms with Gasteiger partial charge in [0.25, 0.3) is 5.92 Å². The summed E-state index contributed by atoms with van der Waals surface area (Å²) in [4.78, 5) is 4.57. The normalized spacial score (nSPS) is 32.9. The second-order valence-corrected chi connectivity index (χ2v) is 7.30. The lowest BCUT2D eigenvalue weighted by Gasteiger charge is -2.35. The van der Waals surface area contributed by atoms with Gasteiger partial charge >= 0.3 is 0 Å². The Labute approximate surface area is 142 Å². The number of alkyl halides is 2. The fraction of sp³-hybridized carbons (Fsp3) is 1.00. The van der Waals surface area contributed by atoms with Gasteiger partial charge < -0.3 is 9.80 Å². The summed E-state index contributed by atoms with van der Waals surface area (Å²) in [7, 11) is 4.20. The number of rotatable bonds is 0. The number of halogens is 2. The predicted molar refractivity (Wildman–Crippen MR) is 95.2 cm³/mol. The molecule has 0 aromatic carbocycles. The van der Waals surface area contributed by atoms with E-state index in [0.29, 0.717) is 0 Å². The van der Waals surface area contributed by atoms with Gasteiger partial charge in [0.1, 0.15) is 0 Å². The lowest BCUT2D eigenvalue weighted by atomic mass is 10.00. The van der Waals surface area contributed by atoms with Gasteiger partial charge in [0.15, 0.2) is 0 Å². The van der Waals surface area contributed by atoms with Gasteiger partial charge in [-0.2, -0.15) is 0 Å². The molecule has 3 saturated heterocycles. The molecule has 2 bridgehead atoms. The Balaban J connectivity index is 0.000000195. The van der Waals surface area contributed by atoms with Crippen LogP contribution in [-0.2, 0) is 0 Å². The lowest BCUT2D eigenvalue weighted by Crippen LogP contribution is -2.44. The van der Waals surface area contributed by atoms with E-state index in [1.807, 2.05) is 34.7 Å². The zero-order valence-corrected chi connectivity index (χ0v) is 16.2. The van der Waals surface area contributed by atoms with Crippen LogP contribution >= 0.6 is 0 Å². The van der Waals surface area contributed by atoms with Crippen molar-refractivity contribution in [1.82, 2.24) is 9.80 Å². The third-order valence-corrected chi connectivity index (χ3v) is 5.64. The molecule has 4 heteroatoms. The van der Waals surface area contributed by atoms with E-state index in [-0.39, 0.29) is 24.9 Å². The molecule has 1 spiro atoms. The first-order chi connectivity index (χ1) is 10.9. The van der Waals surface area contributed by atoms with Crippen molar-refractivity contribution in [3.63, 3.8) is 0 Å². The third-order valence-electron chi connectivity index (χ3n) is 5.64. The van der Waals surface area contributed by atoms with Crippen molar-refractivity contribution in [2.45, 2.75) is 90.6 Å². The number of hydrogen-bond donors (Lipinski definition) is 0. The molecule has 2 atom stereocenters. The summed E-state index contributed by atoms with van der Waals surface area (Å²) in [6, 6.07) is 0.312. The van der Waals surface area contributed by atoms with Crippen LogP contribution in [0.4, 0.5) is 8.78 Å². The Kier molecular flexibility index (Phi) is 7.92. The number of fused-ring (bicyclic) bond motifs is 2. The maximum Gasteiger partial charge on any atom is 0.251 e. The predicted octanol–water partition coefficient (Wildman–Crippen LogP) is 5.03. The fourth-order valence-electron chi connectivity index (χ4n) is 4.10. The molecule has 0 N–H and O–H groups in total. The van der Waals surface area contributed by atoms with E-state index in [9.17, 15) is 8.78 Å². The molecule has 1 saturated carbocycles. The Hall–Kier alpha value is -0.220. The van der Waals surface area contributed by atoms with Crippen molar-refractivity contribution in [3.05, 3.63) is 0 Å². The Morgan fingerprint density at radius 1 is 0.826 bits per heavy atom. The fourth-order valence-corrected chi connectivity index (χ4v) is 4.10. The molecule has 3 aliphatic heterocycles. The second kappa shape index (κ2) is 8.75. The maximum absolute atomic E-state index is 12.9. The summed E-state index contributed by atoms with van der Waals surface area (Å²) < 4.78 is 25.8. The summed E-state index contributed by atoms with van der Waals surface area (Å²) in [5.74, 6) is -2.38. The first kappa shape index (κ1) is 20.8. The van der Waals surface area contributed by atoms with Crippen LogP contribution in [0.15, 0.2) is 0 Å². The molecule has 3 heterocycles. The molecule has 1 aliphatic carbocycles. The summed E-state index contributed by atoms with van der Waals surface area (Å²) in [6.45, 7) is 10.7. The van der Waals surface area contributed by atoms with E-state index >= 15 is 0 Å². The zero-order chi connectivity index (χ0) is 17.7. The van der Waals surface area contributed by atoms with E-state index in [4.69, 9.17) is 0 Å². The molecule has 0 amide bonds. The Morgan fingerprint density at radius 3 is 1.61 bits per heavy atom. The van der Waals surface area contributed by atoms with Gasteiger partial charge in [0, 0.05) is 31.5 Å². The summed E-state index contributed by atoms with van der Waals surface area (Å²) in [5.41, 5.74) is 0.842. The van der Waals surface area contributed by atoms with E-state index in [2.05, 4.69) is 16.8 Å². The average molecular weight is 333 g/mol. The first-order valence-electron chi connectivity index (χ1n) is 9.68. The van der Waals surface area contributed by atoms with Gasteiger partial charge in [0.2, 0.25) is 0 Å². The number of nitrogens with zero attached hydrogens (tertiary/aromatic N) is 2. The van der Waals surface area contributed by atoms with Crippen LogP contribution in [0.1, 0.15) is 72.6 Å². The van der Waals surface area contributed by atoms with Gasteiger partial charge in [-0.15, -0.1) is 0 Å². The van der Waals surface area contributed by atoms with Crippen molar-refractivity contribution in [2.24, 2.45) is 5.41 Å². The van der Waals surface area contributed by atoms with Crippen molar-refractivity contribution >= 4 is 0 Å². The first-order valence-corrected chi connectivity index (χ1v) is 9.68. The third kappa shape index (κ3) is 5.67.